The highest BCUT2D eigenvalue weighted by Crippen LogP contribution is 2.33. The maximum Gasteiger partial charge on any atom is 0.222 e. The van der Waals surface area contributed by atoms with E-state index in [1.54, 1.807) is 0 Å². The highest BCUT2D eigenvalue weighted by molar-refractivity contribution is 5.84. The van der Waals surface area contributed by atoms with Crippen molar-refractivity contribution in [1.29, 1.82) is 0 Å². The summed E-state index contributed by atoms with van der Waals surface area (Å²) in [6.07, 6.45) is 0.300. The van der Waals surface area contributed by atoms with E-state index in [4.69, 9.17) is 10.5 Å². The van der Waals surface area contributed by atoms with Gasteiger partial charge in [0.1, 0.15) is 30.2 Å². The number of anilines is 1. The molecular formula is C24H39N9O5. The number of hydrogen-bond donors (Lipinski definition) is 6. The van der Waals surface area contributed by atoms with Crippen LogP contribution in [0.25, 0.3) is 11.2 Å². The molecule has 38 heavy (non-hydrogen) atoms. The van der Waals surface area contributed by atoms with Gasteiger partial charge in [0, 0.05) is 65.2 Å². The van der Waals surface area contributed by atoms with Crippen LogP contribution in [0.5, 0.6) is 0 Å². The Morgan fingerprint density at radius 1 is 0.921 bits per heavy atom. The minimum atomic E-state index is -1.38. The SMILES string of the molecule is Nc1ncnc2c1ncn2[C@@H]1O[C@H](C(=O)CCCCCC(=O)N2CCNCCNCCNCC2)[C@@H](O)[C@H]1O. The van der Waals surface area contributed by atoms with Crippen LogP contribution in [0.3, 0.4) is 0 Å². The van der Waals surface area contributed by atoms with E-state index in [1.807, 2.05) is 4.90 Å². The van der Waals surface area contributed by atoms with Gasteiger partial charge in [-0.15, -0.1) is 0 Å². The molecule has 2 aromatic heterocycles. The molecule has 210 valence electrons. The second-order valence-electron chi connectivity index (χ2n) is 9.67. The number of imidazole rings is 1. The number of rotatable bonds is 8. The molecule has 4 atom stereocenters. The van der Waals surface area contributed by atoms with Gasteiger partial charge in [0.2, 0.25) is 5.91 Å². The summed E-state index contributed by atoms with van der Waals surface area (Å²) in [4.78, 5) is 39.6. The molecule has 2 fully saturated rings. The summed E-state index contributed by atoms with van der Waals surface area (Å²) in [5, 5.41) is 31.1. The Morgan fingerprint density at radius 2 is 1.58 bits per heavy atom. The summed E-state index contributed by atoms with van der Waals surface area (Å²) >= 11 is 0. The number of aliphatic hydroxyl groups excluding tert-OH is 2. The molecule has 2 saturated heterocycles. The van der Waals surface area contributed by atoms with Gasteiger partial charge >= 0.3 is 0 Å². The lowest BCUT2D eigenvalue weighted by atomic mass is 10.0. The molecular weight excluding hydrogens is 494 g/mol. The molecule has 0 aromatic carbocycles. The number of hydrogen-bond acceptors (Lipinski definition) is 12. The molecule has 0 radical (unpaired) electrons. The first-order chi connectivity index (χ1) is 18.5. The van der Waals surface area contributed by atoms with Crippen molar-refractivity contribution >= 4 is 28.7 Å². The van der Waals surface area contributed by atoms with E-state index in [9.17, 15) is 19.8 Å². The molecule has 4 rings (SSSR count). The molecule has 0 spiro atoms. The van der Waals surface area contributed by atoms with Gasteiger partial charge < -0.3 is 41.5 Å². The molecule has 0 bridgehead atoms. The molecule has 2 aromatic rings. The Balaban J connectivity index is 1.20. The number of nitrogens with zero attached hydrogens (tertiary/aromatic N) is 5. The second kappa shape index (κ2) is 13.9. The second-order valence-corrected chi connectivity index (χ2v) is 9.67. The summed E-state index contributed by atoms with van der Waals surface area (Å²) in [5.74, 6) is 0.00759. The number of carbonyl (C=O) groups is 2. The predicted molar refractivity (Wildman–Crippen MR) is 139 cm³/mol. The number of fused-ring (bicyclic) bond motifs is 1. The van der Waals surface area contributed by atoms with Crippen molar-refractivity contribution in [3.05, 3.63) is 12.7 Å². The van der Waals surface area contributed by atoms with Gasteiger partial charge in [-0.1, -0.05) is 6.42 Å². The maximum absolute atomic E-state index is 12.8. The molecule has 14 nitrogen and oxygen atoms in total. The summed E-state index contributed by atoms with van der Waals surface area (Å²) in [6, 6.07) is 0. The number of nitrogens with one attached hydrogen (secondary N) is 3. The van der Waals surface area contributed by atoms with Gasteiger partial charge in [-0.05, 0) is 12.8 Å². The zero-order valence-corrected chi connectivity index (χ0v) is 21.6. The standard InChI is InChI=1S/C24H39N9O5/c25-22-18-23(30-14-29-22)33(15-31-18)24-20(37)19(36)21(38-24)16(34)4-2-1-3-5-17(35)32-12-10-27-8-6-26-7-9-28-11-13-32/h14-15,19-21,24,26-28,36-37H,1-13H2,(H2,25,29,30)/t19-,20+,21+,24+/m0/s1. The first kappa shape index (κ1) is 28.3. The lowest BCUT2D eigenvalue weighted by Gasteiger charge is -2.24. The van der Waals surface area contributed by atoms with Crippen LogP contribution in [0.2, 0.25) is 0 Å². The van der Waals surface area contributed by atoms with E-state index in [1.165, 1.54) is 17.2 Å². The summed E-state index contributed by atoms with van der Waals surface area (Å²) < 4.78 is 7.21. The van der Waals surface area contributed by atoms with Crippen LogP contribution in [-0.2, 0) is 14.3 Å². The minimum absolute atomic E-state index is 0.118. The number of aliphatic hydroxyl groups is 2. The molecule has 1 amide bonds. The van der Waals surface area contributed by atoms with Crippen molar-refractivity contribution in [2.45, 2.75) is 56.6 Å². The Bertz CT molecular complexity index is 1060. The third-order valence-electron chi connectivity index (χ3n) is 6.96. The first-order valence-corrected chi connectivity index (χ1v) is 13.3. The normalized spacial score (nSPS) is 25.7. The molecule has 2 aliphatic heterocycles. The molecule has 0 unspecified atom stereocenters. The van der Waals surface area contributed by atoms with Gasteiger partial charge in [0.25, 0.3) is 0 Å². The summed E-state index contributed by atoms with van der Waals surface area (Å²) in [7, 11) is 0. The largest absolute Gasteiger partial charge is 0.387 e. The fraction of sp³-hybridized carbons (Fsp3) is 0.708. The van der Waals surface area contributed by atoms with E-state index in [-0.39, 0.29) is 23.9 Å². The van der Waals surface area contributed by atoms with Crippen molar-refractivity contribution in [2.24, 2.45) is 0 Å². The number of amides is 1. The van der Waals surface area contributed by atoms with Crippen LogP contribution >= 0.6 is 0 Å². The Kier molecular flexibility index (Phi) is 10.3. The number of Topliss-reactive ketones (excluding diaryl/α,β-unsaturated/α-hetero) is 1. The lowest BCUT2D eigenvalue weighted by molar-refractivity contribution is -0.135. The van der Waals surface area contributed by atoms with Gasteiger partial charge in [-0.2, -0.15) is 0 Å². The van der Waals surface area contributed by atoms with Gasteiger partial charge in [-0.25, -0.2) is 15.0 Å². The molecule has 7 N–H and O–H groups in total. The number of nitrogens with two attached hydrogens (primary N) is 1. The van der Waals surface area contributed by atoms with Gasteiger partial charge in [-0.3, -0.25) is 14.2 Å². The van der Waals surface area contributed by atoms with Crippen molar-refractivity contribution in [3.8, 4) is 0 Å². The van der Waals surface area contributed by atoms with E-state index >= 15 is 0 Å². The third kappa shape index (κ3) is 7.01. The minimum Gasteiger partial charge on any atom is -0.387 e. The molecule has 0 aliphatic carbocycles. The number of nitrogen functional groups attached to an aromatic ring is 1. The van der Waals surface area contributed by atoms with Crippen molar-refractivity contribution < 1.29 is 24.5 Å². The van der Waals surface area contributed by atoms with Crippen LogP contribution < -0.4 is 21.7 Å². The number of ketones is 1. The van der Waals surface area contributed by atoms with Crippen molar-refractivity contribution in [1.82, 2.24) is 40.4 Å². The van der Waals surface area contributed by atoms with Crippen LogP contribution in [0.1, 0.15) is 38.3 Å². The van der Waals surface area contributed by atoms with Gasteiger partial charge in [0.05, 0.1) is 6.33 Å². The zero-order valence-electron chi connectivity index (χ0n) is 21.6. The number of unbranched alkanes of at least 4 members (excludes halogenated alkanes) is 2. The topological polar surface area (TPSA) is 193 Å². The molecule has 0 saturated carbocycles. The fourth-order valence-electron chi connectivity index (χ4n) is 4.78. The van der Waals surface area contributed by atoms with E-state index in [2.05, 4.69) is 30.9 Å². The summed E-state index contributed by atoms with van der Waals surface area (Å²) in [5.41, 5.74) is 6.50. The van der Waals surface area contributed by atoms with Crippen molar-refractivity contribution in [3.63, 3.8) is 0 Å². The molecule has 4 heterocycles. The highest BCUT2D eigenvalue weighted by Gasteiger charge is 2.47. The quantitative estimate of drug-likeness (QED) is 0.208. The van der Waals surface area contributed by atoms with E-state index < -0.39 is 24.5 Å². The number of carbonyl (C=O) groups excluding carboxylic acids is 2. The fourth-order valence-corrected chi connectivity index (χ4v) is 4.78. The third-order valence-corrected chi connectivity index (χ3v) is 6.96. The number of ether oxygens (including phenoxy) is 1. The maximum atomic E-state index is 12.8. The Labute approximate surface area is 221 Å². The lowest BCUT2D eigenvalue weighted by Crippen LogP contribution is -2.44. The van der Waals surface area contributed by atoms with Crippen LogP contribution in [0.15, 0.2) is 12.7 Å². The van der Waals surface area contributed by atoms with Crippen LogP contribution in [0.4, 0.5) is 5.82 Å². The number of aromatic nitrogens is 4. The van der Waals surface area contributed by atoms with Crippen molar-refractivity contribution in [2.75, 3.05) is 58.1 Å². The summed E-state index contributed by atoms with van der Waals surface area (Å²) in [6.45, 7) is 6.41. The monoisotopic (exact) mass is 533 g/mol. The van der Waals surface area contributed by atoms with Gasteiger partial charge in [0.15, 0.2) is 23.5 Å². The Hall–Kier alpha value is -2.75. The molecule has 2 aliphatic rings. The average molecular weight is 534 g/mol. The van der Waals surface area contributed by atoms with Crippen LogP contribution in [0, 0.1) is 0 Å². The first-order valence-electron chi connectivity index (χ1n) is 13.3. The zero-order chi connectivity index (χ0) is 26.9. The average Bonchev–Trinajstić information content (AvgIpc) is 3.45. The Morgan fingerprint density at radius 3 is 2.29 bits per heavy atom. The predicted octanol–water partition coefficient (Wildman–Crippen LogP) is -1.84. The van der Waals surface area contributed by atoms with E-state index in [0.29, 0.717) is 49.9 Å². The smallest absolute Gasteiger partial charge is 0.222 e. The molecule has 14 heteroatoms. The highest BCUT2D eigenvalue weighted by atomic mass is 16.6. The van der Waals surface area contributed by atoms with E-state index in [0.717, 1.165) is 39.3 Å². The van der Waals surface area contributed by atoms with Crippen LogP contribution in [-0.4, -0.2) is 117 Å².